The summed E-state index contributed by atoms with van der Waals surface area (Å²) in [6.45, 7) is 13.6. The van der Waals surface area contributed by atoms with Gasteiger partial charge < -0.3 is 5.11 Å². The summed E-state index contributed by atoms with van der Waals surface area (Å²) < 4.78 is 0. The van der Waals surface area contributed by atoms with Gasteiger partial charge in [-0.3, -0.25) is 9.59 Å². The molecule has 8 atom stereocenters. The van der Waals surface area contributed by atoms with Crippen molar-refractivity contribution in [1.29, 1.82) is 0 Å². The summed E-state index contributed by atoms with van der Waals surface area (Å²) in [7, 11) is 0. The van der Waals surface area contributed by atoms with Crippen molar-refractivity contribution in [2.75, 3.05) is 0 Å². The molecule has 0 heterocycles. The molecule has 172 valence electrons. The van der Waals surface area contributed by atoms with E-state index < -0.39 is 5.60 Å². The van der Waals surface area contributed by atoms with Gasteiger partial charge in [0.2, 0.25) is 0 Å². The fourth-order valence-corrected chi connectivity index (χ4v) is 7.73. The number of hydrogen-bond acceptors (Lipinski definition) is 3. The molecule has 4 rings (SSSR count). The maximum atomic E-state index is 13.2. The Kier molecular flexibility index (Phi) is 5.69. The summed E-state index contributed by atoms with van der Waals surface area (Å²) >= 11 is 0. The van der Waals surface area contributed by atoms with Gasteiger partial charge >= 0.3 is 0 Å². The van der Waals surface area contributed by atoms with Crippen molar-refractivity contribution in [3.63, 3.8) is 0 Å². The predicted molar refractivity (Wildman–Crippen MR) is 124 cm³/mol. The number of Topliss-reactive ketones (excluding diaryl/α,β-unsaturated/α-hetero) is 1. The third kappa shape index (κ3) is 3.33. The largest absolute Gasteiger partial charge is 0.385 e. The zero-order valence-corrected chi connectivity index (χ0v) is 20.4. The van der Waals surface area contributed by atoms with E-state index in [9.17, 15) is 14.7 Å². The second kappa shape index (κ2) is 7.68. The highest BCUT2D eigenvalue weighted by atomic mass is 16.3. The van der Waals surface area contributed by atoms with Crippen LogP contribution in [0.25, 0.3) is 0 Å². The van der Waals surface area contributed by atoms with E-state index in [-0.39, 0.29) is 34.2 Å². The Morgan fingerprint density at radius 3 is 2.39 bits per heavy atom. The van der Waals surface area contributed by atoms with E-state index in [1.165, 1.54) is 0 Å². The minimum Gasteiger partial charge on any atom is -0.385 e. The van der Waals surface area contributed by atoms with Crippen molar-refractivity contribution in [2.45, 2.75) is 92.1 Å². The van der Waals surface area contributed by atoms with Gasteiger partial charge in [-0.1, -0.05) is 53.7 Å². The van der Waals surface area contributed by atoms with Crippen LogP contribution in [0.3, 0.4) is 0 Å². The maximum absolute atomic E-state index is 13.2. The van der Waals surface area contributed by atoms with Crippen LogP contribution in [0.1, 0.15) is 86.5 Å². The average molecular weight is 427 g/mol. The number of ketones is 2. The topological polar surface area (TPSA) is 54.4 Å². The lowest BCUT2D eigenvalue weighted by atomic mass is 9.46. The van der Waals surface area contributed by atoms with E-state index in [0.717, 1.165) is 37.7 Å². The summed E-state index contributed by atoms with van der Waals surface area (Å²) in [4.78, 5) is 25.3. The van der Waals surface area contributed by atoms with Gasteiger partial charge in [0.1, 0.15) is 5.78 Å². The van der Waals surface area contributed by atoms with Crippen LogP contribution in [-0.4, -0.2) is 22.3 Å². The van der Waals surface area contributed by atoms with Crippen molar-refractivity contribution < 1.29 is 14.7 Å². The molecular weight excluding hydrogens is 384 g/mol. The number of aliphatic hydroxyl groups is 1. The number of allylic oxidation sites excluding steroid dienone is 3. The average Bonchev–Trinajstić information content (AvgIpc) is 2.99. The van der Waals surface area contributed by atoms with Crippen LogP contribution in [0, 0.1) is 46.3 Å². The minimum absolute atomic E-state index is 0.0848. The Balaban J connectivity index is 1.65. The summed E-state index contributed by atoms with van der Waals surface area (Å²) in [6.07, 6.45) is 12.1. The van der Waals surface area contributed by atoms with Crippen LogP contribution < -0.4 is 0 Å². The van der Waals surface area contributed by atoms with Crippen LogP contribution in [0.15, 0.2) is 23.8 Å². The quantitative estimate of drug-likeness (QED) is 0.568. The van der Waals surface area contributed by atoms with Crippen LogP contribution >= 0.6 is 0 Å². The van der Waals surface area contributed by atoms with Gasteiger partial charge in [-0.05, 0) is 78.8 Å². The van der Waals surface area contributed by atoms with E-state index >= 15 is 0 Å². The number of fused-ring (bicyclic) bond motifs is 5. The van der Waals surface area contributed by atoms with Gasteiger partial charge in [-0.15, -0.1) is 0 Å². The molecule has 0 spiro atoms. The first kappa shape index (κ1) is 23.0. The van der Waals surface area contributed by atoms with Crippen molar-refractivity contribution in [1.82, 2.24) is 0 Å². The van der Waals surface area contributed by atoms with Crippen LogP contribution in [0.2, 0.25) is 0 Å². The first-order chi connectivity index (χ1) is 14.4. The number of hydrogen-bond donors (Lipinski definition) is 1. The molecule has 0 amide bonds. The molecule has 3 heteroatoms. The van der Waals surface area contributed by atoms with Gasteiger partial charge in [0, 0.05) is 24.2 Å². The van der Waals surface area contributed by atoms with Gasteiger partial charge in [0.15, 0.2) is 5.78 Å². The van der Waals surface area contributed by atoms with Crippen LogP contribution in [0.4, 0.5) is 0 Å². The fraction of sp³-hybridized carbons (Fsp3) is 0.786. The molecule has 4 aliphatic carbocycles. The lowest BCUT2D eigenvalue weighted by Crippen LogP contribution is -2.59. The van der Waals surface area contributed by atoms with E-state index in [1.807, 2.05) is 0 Å². The first-order valence-electron chi connectivity index (χ1n) is 12.6. The highest BCUT2D eigenvalue weighted by Gasteiger charge is 2.66. The van der Waals surface area contributed by atoms with Gasteiger partial charge in [-0.2, -0.15) is 0 Å². The molecule has 0 aromatic carbocycles. The van der Waals surface area contributed by atoms with Crippen molar-refractivity contribution >= 4 is 11.6 Å². The van der Waals surface area contributed by atoms with E-state index in [1.54, 1.807) is 6.08 Å². The van der Waals surface area contributed by atoms with Gasteiger partial charge in [0.05, 0.1) is 5.60 Å². The lowest BCUT2D eigenvalue weighted by Gasteiger charge is -2.59. The molecule has 0 bridgehead atoms. The third-order valence-electron chi connectivity index (χ3n) is 10.4. The van der Waals surface area contributed by atoms with Crippen molar-refractivity contribution in [2.24, 2.45) is 46.3 Å². The summed E-state index contributed by atoms with van der Waals surface area (Å²) in [5, 5.41) is 12.2. The Bertz CT molecular complexity index is 822. The second-order valence-corrected chi connectivity index (χ2v) is 12.2. The van der Waals surface area contributed by atoms with Gasteiger partial charge in [0.25, 0.3) is 0 Å². The molecule has 31 heavy (non-hydrogen) atoms. The van der Waals surface area contributed by atoms with Crippen LogP contribution in [-0.2, 0) is 9.59 Å². The summed E-state index contributed by atoms with van der Waals surface area (Å²) in [6, 6.07) is 0. The standard InChI is InChI=1S/C28H42O3/c1-17(2)18(3)7-8-19(4)21-11-14-28(31)23-16-25(30)24-15-20(29)9-12-26(24,5)22(23)10-13-27(21,28)6/h7-8,16-19,21-22,24,31H,9-15H2,1-6H3/t18-,19+,21+,22-,24+,26+,27+,28+/m0/s1. The fourth-order valence-electron chi connectivity index (χ4n) is 7.73. The Labute approximate surface area is 188 Å². The molecule has 3 nitrogen and oxygen atoms in total. The highest BCUT2D eigenvalue weighted by Crippen LogP contribution is 2.67. The molecule has 0 aliphatic heterocycles. The molecule has 4 aliphatic rings. The normalized spacial score (nSPS) is 44.6. The maximum Gasteiger partial charge on any atom is 0.159 e. The summed E-state index contributed by atoms with van der Waals surface area (Å²) in [5.41, 5.74) is -0.262. The van der Waals surface area contributed by atoms with E-state index in [4.69, 9.17) is 0 Å². The molecule has 3 fully saturated rings. The number of carbonyl (C=O) groups is 2. The smallest absolute Gasteiger partial charge is 0.159 e. The molecule has 0 aromatic heterocycles. The minimum atomic E-state index is -0.891. The lowest BCUT2D eigenvalue weighted by molar-refractivity contribution is -0.143. The second-order valence-electron chi connectivity index (χ2n) is 12.2. The molecule has 0 saturated heterocycles. The third-order valence-corrected chi connectivity index (χ3v) is 10.4. The van der Waals surface area contributed by atoms with Crippen LogP contribution in [0.5, 0.6) is 0 Å². The molecule has 0 aromatic rings. The SMILES string of the molecule is CC(C)[C@@H](C)C=C[C@@H](C)[C@H]1CC[C@@]2(O)C3=CC(=O)[C@H]4CC(=O)CC[C@]4(C)[C@H]3CC[C@]12C. The molecule has 3 saturated carbocycles. The van der Waals surface area contributed by atoms with Crippen molar-refractivity contribution in [3.8, 4) is 0 Å². The Morgan fingerprint density at radius 2 is 1.71 bits per heavy atom. The first-order valence-corrected chi connectivity index (χ1v) is 12.6. The molecule has 0 radical (unpaired) electrons. The zero-order valence-electron chi connectivity index (χ0n) is 20.4. The van der Waals surface area contributed by atoms with E-state index in [0.29, 0.717) is 36.5 Å². The summed E-state index contributed by atoms with van der Waals surface area (Å²) in [5.74, 6) is 2.36. The zero-order chi connectivity index (χ0) is 22.8. The number of carbonyl (C=O) groups excluding carboxylic acids is 2. The predicted octanol–water partition coefficient (Wildman–Crippen LogP) is 5.91. The number of rotatable bonds is 4. The Morgan fingerprint density at radius 1 is 1.00 bits per heavy atom. The van der Waals surface area contributed by atoms with Crippen molar-refractivity contribution in [3.05, 3.63) is 23.8 Å². The molecule has 0 unspecified atom stereocenters. The molecular formula is C28H42O3. The highest BCUT2D eigenvalue weighted by molar-refractivity contribution is 5.98. The van der Waals surface area contributed by atoms with Gasteiger partial charge in [-0.25, -0.2) is 0 Å². The van der Waals surface area contributed by atoms with E-state index in [2.05, 4.69) is 53.7 Å². The molecule has 1 N–H and O–H groups in total. The monoisotopic (exact) mass is 426 g/mol. The Hall–Kier alpha value is -1.22.